The number of aromatic nitrogens is 4. The summed E-state index contributed by atoms with van der Waals surface area (Å²) in [6, 6.07) is 4.66. The zero-order chi connectivity index (χ0) is 15.9. The summed E-state index contributed by atoms with van der Waals surface area (Å²) in [5.74, 6) is 0.0617. The van der Waals surface area contributed by atoms with Crippen molar-refractivity contribution >= 4 is 5.69 Å². The number of hydrogen-bond donors (Lipinski definition) is 1. The third-order valence-electron chi connectivity index (χ3n) is 3.03. The highest BCUT2D eigenvalue weighted by Crippen LogP contribution is 2.33. The molecule has 0 bridgehead atoms. The van der Waals surface area contributed by atoms with Gasteiger partial charge in [0.1, 0.15) is 5.69 Å². The lowest BCUT2D eigenvalue weighted by molar-refractivity contribution is -0.137. The number of aryl methyl sites for hydroxylation is 1. The molecule has 2 aromatic heterocycles. The van der Waals surface area contributed by atoms with Crippen LogP contribution in [0.3, 0.4) is 0 Å². The molecule has 0 amide bonds. The number of nitrogens with zero attached hydrogens (tertiary/aromatic N) is 4. The van der Waals surface area contributed by atoms with Crippen LogP contribution in [0.2, 0.25) is 0 Å². The molecule has 0 aliphatic rings. The fourth-order valence-corrected chi connectivity index (χ4v) is 1.98. The van der Waals surface area contributed by atoms with Gasteiger partial charge in [-0.1, -0.05) is 6.07 Å². The summed E-state index contributed by atoms with van der Waals surface area (Å²) in [6.45, 7) is 0. The molecule has 0 unspecified atom stereocenters. The van der Waals surface area contributed by atoms with Crippen molar-refractivity contribution in [1.29, 1.82) is 0 Å². The molecule has 0 aliphatic heterocycles. The molecule has 114 valence electrons. The van der Waals surface area contributed by atoms with Crippen LogP contribution in [0.25, 0.3) is 23.0 Å². The molecular formula is C13H10F3N5O. The average Bonchev–Trinajstić information content (AvgIpc) is 3.05. The van der Waals surface area contributed by atoms with Gasteiger partial charge in [-0.25, -0.2) is 0 Å². The second-order valence-electron chi connectivity index (χ2n) is 4.56. The lowest BCUT2D eigenvalue weighted by Gasteiger charge is -2.06. The lowest BCUT2D eigenvalue weighted by atomic mass is 10.1. The SMILES string of the molecule is Cn1ncc(N)c1-c1nnc(-c2cccc(C(F)(F)F)c2)o1. The highest BCUT2D eigenvalue weighted by Gasteiger charge is 2.31. The Labute approximate surface area is 122 Å². The first-order valence-corrected chi connectivity index (χ1v) is 6.15. The molecule has 0 saturated carbocycles. The van der Waals surface area contributed by atoms with Crippen LogP contribution < -0.4 is 5.73 Å². The van der Waals surface area contributed by atoms with Crippen LogP contribution in [0.15, 0.2) is 34.9 Å². The van der Waals surface area contributed by atoms with Crippen LogP contribution in [-0.4, -0.2) is 20.0 Å². The lowest BCUT2D eigenvalue weighted by Crippen LogP contribution is -2.04. The fraction of sp³-hybridized carbons (Fsp3) is 0.154. The predicted octanol–water partition coefficient (Wildman–Crippen LogP) is 2.74. The molecule has 1 aromatic carbocycles. The van der Waals surface area contributed by atoms with Crippen molar-refractivity contribution in [1.82, 2.24) is 20.0 Å². The first-order valence-electron chi connectivity index (χ1n) is 6.15. The van der Waals surface area contributed by atoms with Gasteiger partial charge < -0.3 is 10.2 Å². The van der Waals surface area contributed by atoms with E-state index in [1.807, 2.05) is 0 Å². The zero-order valence-electron chi connectivity index (χ0n) is 11.3. The zero-order valence-corrected chi connectivity index (χ0v) is 11.3. The summed E-state index contributed by atoms with van der Waals surface area (Å²) in [5, 5.41) is 11.5. The van der Waals surface area contributed by atoms with Crippen LogP contribution >= 0.6 is 0 Å². The molecule has 6 nitrogen and oxygen atoms in total. The Balaban J connectivity index is 2.02. The van der Waals surface area contributed by atoms with Gasteiger partial charge in [-0.15, -0.1) is 10.2 Å². The minimum atomic E-state index is -4.44. The van der Waals surface area contributed by atoms with E-state index in [0.29, 0.717) is 11.4 Å². The minimum absolute atomic E-state index is 0.0262. The van der Waals surface area contributed by atoms with Crippen molar-refractivity contribution in [3.63, 3.8) is 0 Å². The molecule has 2 heterocycles. The second kappa shape index (κ2) is 4.86. The van der Waals surface area contributed by atoms with Gasteiger partial charge >= 0.3 is 6.18 Å². The quantitative estimate of drug-likeness (QED) is 0.787. The van der Waals surface area contributed by atoms with Crippen LogP contribution in [-0.2, 0) is 13.2 Å². The third-order valence-corrected chi connectivity index (χ3v) is 3.03. The molecule has 22 heavy (non-hydrogen) atoms. The van der Waals surface area contributed by atoms with Crippen molar-refractivity contribution in [3.8, 4) is 23.0 Å². The van der Waals surface area contributed by atoms with E-state index in [2.05, 4.69) is 15.3 Å². The van der Waals surface area contributed by atoms with Gasteiger partial charge in [-0.05, 0) is 18.2 Å². The maximum absolute atomic E-state index is 12.7. The number of rotatable bonds is 2. The van der Waals surface area contributed by atoms with Crippen molar-refractivity contribution in [2.45, 2.75) is 6.18 Å². The van der Waals surface area contributed by atoms with Crippen molar-refractivity contribution < 1.29 is 17.6 Å². The summed E-state index contributed by atoms with van der Waals surface area (Å²) in [4.78, 5) is 0. The number of hydrogen-bond acceptors (Lipinski definition) is 5. The molecule has 2 N–H and O–H groups in total. The molecule has 0 fully saturated rings. The van der Waals surface area contributed by atoms with Gasteiger partial charge in [-0.3, -0.25) is 4.68 Å². The highest BCUT2D eigenvalue weighted by molar-refractivity contribution is 5.66. The Kier molecular flexibility index (Phi) is 3.12. The number of nitrogens with two attached hydrogens (primary N) is 1. The summed E-state index contributed by atoms with van der Waals surface area (Å²) in [6.07, 6.45) is -3.02. The van der Waals surface area contributed by atoms with E-state index in [4.69, 9.17) is 10.2 Å². The predicted molar refractivity (Wildman–Crippen MR) is 71.4 cm³/mol. The van der Waals surface area contributed by atoms with Crippen molar-refractivity contribution in [2.24, 2.45) is 7.05 Å². The van der Waals surface area contributed by atoms with E-state index in [0.717, 1.165) is 12.1 Å². The van der Waals surface area contributed by atoms with E-state index < -0.39 is 11.7 Å². The summed E-state index contributed by atoms with van der Waals surface area (Å²) in [7, 11) is 1.64. The number of nitrogen functional groups attached to an aromatic ring is 1. The molecule has 9 heteroatoms. The van der Waals surface area contributed by atoms with Crippen LogP contribution in [0, 0.1) is 0 Å². The Hall–Kier alpha value is -2.84. The molecule has 0 radical (unpaired) electrons. The van der Waals surface area contributed by atoms with Gasteiger partial charge in [0.05, 0.1) is 17.4 Å². The number of alkyl halides is 3. The van der Waals surface area contributed by atoms with E-state index in [1.54, 1.807) is 7.05 Å². The first-order chi connectivity index (χ1) is 10.4. The maximum atomic E-state index is 12.7. The van der Waals surface area contributed by atoms with E-state index in [1.165, 1.54) is 23.0 Å². The summed E-state index contributed by atoms with van der Waals surface area (Å²) < 4.78 is 45.0. The Morgan fingerprint density at radius 2 is 1.91 bits per heavy atom. The average molecular weight is 309 g/mol. The van der Waals surface area contributed by atoms with Gasteiger partial charge in [-0.2, -0.15) is 18.3 Å². The summed E-state index contributed by atoms with van der Waals surface area (Å²) >= 11 is 0. The van der Waals surface area contributed by atoms with Crippen molar-refractivity contribution in [3.05, 3.63) is 36.0 Å². The molecule has 0 aliphatic carbocycles. The topological polar surface area (TPSA) is 82.8 Å². The third kappa shape index (κ3) is 2.41. The number of halogens is 3. The maximum Gasteiger partial charge on any atom is 0.416 e. The van der Waals surface area contributed by atoms with Crippen LogP contribution in [0.5, 0.6) is 0 Å². The molecule has 3 aromatic rings. The molecule has 0 atom stereocenters. The van der Waals surface area contributed by atoms with E-state index >= 15 is 0 Å². The molecule has 0 saturated heterocycles. The van der Waals surface area contributed by atoms with Crippen LogP contribution in [0.1, 0.15) is 5.56 Å². The van der Waals surface area contributed by atoms with Gasteiger partial charge in [0, 0.05) is 12.6 Å². The molecule has 3 rings (SSSR count). The normalized spacial score (nSPS) is 11.8. The van der Waals surface area contributed by atoms with Crippen molar-refractivity contribution in [2.75, 3.05) is 5.73 Å². The molecule has 0 spiro atoms. The number of anilines is 1. The standard InChI is InChI=1S/C13H10F3N5O/c1-21-10(9(17)6-18-21)12-20-19-11(22-12)7-3-2-4-8(5-7)13(14,15)16/h2-6H,17H2,1H3. The fourth-order valence-electron chi connectivity index (χ4n) is 1.98. The van der Waals surface area contributed by atoms with Gasteiger partial charge in [0.25, 0.3) is 5.89 Å². The Bertz CT molecular complexity index is 802. The second-order valence-corrected chi connectivity index (χ2v) is 4.56. The van der Waals surface area contributed by atoms with E-state index in [9.17, 15) is 13.2 Å². The minimum Gasteiger partial charge on any atom is -0.415 e. The Morgan fingerprint density at radius 1 is 1.18 bits per heavy atom. The van der Waals surface area contributed by atoms with Gasteiger partial charge in [0.15, 0.2) is 0 Å². The summed E-state index contributed by atoms with van der Waals surface area (Å²) in [5.41, 5.74) is 5.87. The molecular weight excluding hydrogens is 299 g/mol. The van der Waals surface area contributed by atoms with Crippen LogP contribution in [0.4, 0.5) is 18.9 Å². The Morgan fingerprint density at radius 3 is 2.55 bits per heavy atom. The monoisotopic (exact) mass is 309 g/mol. The highest BCUT2D eigenvalue weighted by atomic mass is 19.4. The van der Waals surface area contributed by atoms with E-state index in [-0.39, 0.29) is 17.3 Å². The smallest absolute Gasteiger partial charge is 0.415 e. The number of benzene rings is 1. The largest absolute Gasteiger partial charge is 0.416 e. The van der Waals surface area contributed by atoms with Gasteiger partial charge in [0.2, 0.25) is 5.89 Å². The first kappa shape index (κ1) is 14.1.